The third-order valence-corrected chi connectivity index (χ3v) is 5.03. The molecule has 2 N–H and O–H groups in total. The first-order valence-electron chi connectivity index (χ1n) is 9.61. The maximum atomic E-state index is 12.3. The van der Waals surface area contributed by atoms with Gasteiger partial charge in [-0.05, 0) is 68.3 Å². The summed E-state index contributed by atoms with van der Waals surface area (Å²) >= 11 is 5.87. The Morgan fingerprint density at radius 1 is 0.966 bits per heavy atom. The summed E-state index contributed by atoms with van der Waals surface area (Å²) in [6.07, 6.45) is 2.41. The summed E-state index contributed by atoms with van der Waals surface area (Å²) < 4.78 is 0. The van der Waals surface area contributed by atoms with Crippen LogP contribution in [0.2, 0.25) is 5.02 Å². The van der Waals surface area contributed by atoms with Gasteiger partial charge in [0, 0.05) is 41.1 Å². The van der Waals surface area contributed by atoms with Crippen LogP contribution in [0.25, 0.3) is 0 Å². The highest BCUT2D eigenvalue weighted by molar-refractivity contribution is 6.30. The number of aryl methyl sites for hydroxylation is 1. The fourth-order valence-corrected chi connectivity index (χ4v) is 3.44. The van der Waals surface area contributed by atoms with E-state index in [1.165, 1.54) is 12.8 Å². The van der Waals surface area contributed by atoms with Crippen molar-refractivity contribution in [1.29, 1.82) is 0 Å². The number of rotatable bonds is 5. The van der Waals surface area contributed by atoms with Crippen LogP contribution in [0, 0.1) is 6.92 Å². The molecule has 3 aromatic rings. The molecule has 1 fully saturated rings. The van der Waals surface area contributed by atoms with E-state index in [1.807, 2.05) is 37.3 Å². The summed E-state index contributed by atoms with van der Waals surface area (Å²) in [5, 5.41) is 6.81. The lowest BCUT2D eigenvalue weighted by Gasteiger charge is -2.18. The molecular formula is C22H22ClN5O. The number of benzene rings is 2. The molecule has 2 aromatic carbocycles. The third-order valence-electron chi connectivity index (χ3n) is 4.78. The maximum Gasteiger partial charge on any atom is 0.255 e. The van der Waals surface area contributed by atoms with Crippen LogP contribution in [0.15, 0.2) is 54.6 Å². The molecule has 0 spiro atoms. The van der Waals surface area contributed by atoms with Crippen molar-refractivity contribution >= 4 is 40.5 Å². The second kappa shape index (κ2) is 8.49. The SMILES string of the molecule is Cc1nc(Nc2ccc(NC(=O)c3ccc(Cl)cc3)cc2)cc(N2CCCC2)n1. The van der Waals surface area contributed by atoms with Crippen molar-refractivity contribution in [2.75, 3.05) is 28.6 Å². The summed E-state index contributed by atoms with van der Waals surface area (Å²) in [6.45, 7) is 3.98. The zero-order valence-electron chi connectivity index (χ0n) is 16.2. The summed E-state index contributed by atoms with van der Waals surface area (Å²) in [6, 6.07) is 16.3. The van der Waals surface area contributed by atoms with Crippen molar-refractivity contribution in [2.45, 2.75) is 19.8 Å². The zero-order chi connectivity index (χ0) is 20.2. The van der Waals surface area contributed by atoms with E-state index in [0.29, 0.717) is 16.3 Å². The van der Waals surface area contributed by atoms with Crippen molar-refractivity contribution < 1.29 is 4.79 Å². The molecule has 0 saturated carbocycles. The largest absolute Gasteiger partial charge is 0.356 e. The highest BCUT2D eigenvalue weighted by Gasteiger charge is 2.15. The number of carbonyl (C=O) groups excluding carboxylic acids is 1. The minimum absolute atomic E-state index is 0.177. The fraction of sp³-hybridized carbons (Fsp3) is 0.227. The van der Waals surface area contributed by atoms with E-state index in [2.05, 4.69) is 25.5 Å². The normalized spacial score (nSPS) is 13.4. The molecule has 1 aromatic heterocycles. The van der Waals surface area contributed by atoms with Crippen molar-refractivity contribution in [2.24, 2.45) is 0 Å². The first kappa shape index (κ1) is 19.2. The van der Waals surface area contributed by atoms with Gasteiger partial charge in [-0.25, -0.2) is 9.97 Å². The zero-order valence-corrected chi connectivity index (χ0v) is 16.9. The van der Waals surface area contributed by atoms with Gasteiger partial charge in [-0.3, -0.25) is 4.79 Å². The topological polar surface area (TPSA) is 70.2 Å². The molecule has 0 unspecified atom stereocenters. The van der Waals surface area contributed by atoms with Gasteiger partial charge < -0.3 is 15.5 Å². The van der Waals surface area contributed by atoms with E-state index >= 15 is 0 Å². The second-order valence-electron chi connectivity index (χ2n) is 7.02. The average molecular weight is 408 g/mol. The first-order chi connectivity index (χ1) is 14.1. The number of carbonyl (C=O) groups is 1. The van der Waals surface area contributed by atoms with Crippen LogP contribution in [0.3, 0.4) is 0 Å². The Labute approximate surface area is 174 Å². The van der Waals surface area contributed by atoms with Crippen LogP contribution in [-0.2, 0) is 0 Å². The Kier molecular flexibility index (Phi) is 5.62. The highest BCUT2D eigenvalue weighted by Crippen LogP contribution is 2.23. The van der Waals surface area contributed by atoms with Crippen LogP contribution < -0.4 is 15.5 Å². The predicted octanol–water partition coefficient (Wildman–Crippen LogP) is 5.03. The van der Waals surface area contributed by atoms with Crippen molar-refractivity contribution in [1.82, 2.24) is 9.97 Å². The number of amides is 1. The van der Waals surface area contributed by atoms with E-state index in [1.54, 1.807) is 24.3 Å². The van der Waals surface area contributed by atoms with Gasteiger partial charge in [-0.1, -0.05) is 11.6 Å². The van der Waals surface area contributed by atoms with E-state index in [4.69, 9.17) is 11.6 Å². The number of aromatic nitrogens is 2. The standard InChI is InChI=1S/C22H22ClN5O/c1-15-24-20(14-21(25-15)28-12-2-3-13-28)26-18-8-10-19(11-9-18)27-22(29)16-4-6-17(23)7-5-16/h4-11,14H,2-3,12-13H2,1H3,(H,27,29)(H,24,25,26). The minimum Gasteiger partial charge on any atom is -0.356 e. The molecule has 1 aliphatic rings. The number of nitrogens with zero attached hydrogens (tertiary/aromatic N) is 3. The fourth-order valence-electron chi connectivity index (χ4n) is 3.31. The monoisotopic (exact) mass is 407 g/mol. The molecule has 0 bridgehead atoms. The summed E-state index contributed by atoms with van der Waals surface area (Å²) in [5.41, 5.74) is 2.16. The van der Waals surface area contributed by atoms with Gasteiger partial charge in [0.05, 0.1) is 0 Å². The van der Waals surface area contributed by atoms with Crippen molar-refractivity contribution in [3.63, 3.8) is 0 Å². The predicted molar refractivity (Wildman–Crippen MR) is 117 cm³/mol. The Morgan fingerprint density at radius 2 is 1.62 bits per heavy atom. The molecule has 1 amide bonds. The van der Waals surface area contributed by atoms with Gasteiger partial charge >= 0.3 is 0 Å². The molecule has 7 heteroatoms. The lowest BCUT2D eigenvalue weighted by atomic mass is 10.2. The number of nitrogens with one attached hydrogen (secondary N) is 2. The quantitative estimate of drug-likeness (QED) is 0.620. The van der Waals surface area contributed by atoms with Gasteiger partial charge in [-0.15, -0.1) is 0 Å². The minimum atomic E-state index is -0.177. The molecular weight excluding hydrogens is 386 g/mol. The molecule has 148 valence electrons. The van der Waals surface area contributed by atoms with Crippen molar-refractivity contribution in [3.8, 4) is 0 Å². The lowest BCUT2D eigenvalue weighted by molar-refractivity contribution is 0.102. The van der Waals surface area contributed by atoms with Crippen LogP contribution in [0.5, 0.6) is 0 Å². The number of hydrogen-bond acceptors (Lipinski definition) is 5. The maximum absolute atomic E-state index is 12.3. The summed E-state index contributed by atoms with van der Waals surface area (Å²) in [4.78, 5) is 23.6. The van der Waals surface area contributed by atoms with Gasteiger partial charge in [0.25, 0.3) is 5.91 Å². The number of anilines is 4. The van der Waals surface area contributed by atoms with Gasteiger partial charge in [-0.2, -0.15) is 0 Å². The van der Waals surface area contributed by atoms with Crippen LogP contribution in [-0.4, -0.2) is 29.0 Å². The number of halogens is 1. The van der Waals surface area contributed by atoms with Crippen LogP contribution in [0.1, 0.15) is 29.0 Å². The Balaban J connectivity index is 1.43. The Bertz CT molecular complexity index is 999. The molecule has 6 nitrogen and oxygen atoms in total. The molecule has 2 heterocycles. The number of hydrogen-bond donors (Lipinski definition) is 2. The van der Waals surface area contributed by atoms with E-state index in [9.17, 15) is 4.79 Å². The van der Waals surface area contributed by atoms with E-state index < -0.39 is 0 Å². The highest BCUT2D eigenvalue weighted by atomic mass is 35.5. The summed E-state index contributed by atoms with van der Waals surface area (Å²) in [7, 11) is 0. The van der Waals surface area contributed by atoms with Gasteiger partial charge in [0.1, 0.15) is 17.5 Å². The van der Waals surface area contributed by atoms with E-state index in [0.717, 1.165) is 36.2 Å². The second-order valence-corrected chi connectivity index (χ2v) is 7.45. The van der Waals surface area contributed by atoms with Gasteiger partial charge in [0.2, 0.25) is 0 Å². The smallest absolute Gasteiger partial charge is 0.255 e. The van der Waals surface area contributed by atoms with Gasteiger partial charge in [0.15, 0.2) is 0 Å². The molecule has 29 heavy (non-hydrogen) atoms. The van der Waals surface area contributed by atoms with Crippen LogP contribution in [0.4, 0.5) is 23.0 Å². The first-order valence-corrected chi connectivity index (χ1v) is 9.99. The Morgan fingerprint density at radius 3 is 2.31 bits per heavy atom. The molecule has 1 aliphatic heterocycles. The molecule has 0 atom stereocenters. The molecule has 4 rings (SSSR count). The lowest BCUT2D eigenvalue weighted by Crippen LogP contribution is -2.19. The summed E-state index contributed by atoms with van der Waals surface area (Å²) in [5.74, 6) is 2.29. The average Bonchev–Trinajstić information content (AvgIpc) is 3.24. The Hall–Kier alpha value is -3.12. The molecule has 0 aliphatic carbocycles. The molecule has 1 saturated heterocycles. The molecule has 0 radical (unpaired) electrons. The van der Waals surface area contributed by atoms with E-state index in [-0.39, 0.29) is 5.91 Å². The van der Waals surface area contributed by atoms with Crippen molar-refractivity contribution in [3.05, 3.63) is 71.0 Å². The third kappa shape index (κ3) is 4.84. The van der Waals surface area contributed by atoms with Crippen LogP contribution >= 0.6 is 11.6 Å².